The molecule has 7 nitrogen and oxygen atoms in total. The fourth-order valence-corrected chi connectivity index (χ4v) is 2.36. The van der Waals surface area contributed by atoms with Gasteiger partial charge in [0.15, 0.2) is 5.69 Å². The van der Waals surface area contributed by atoms with Crippen LogP contribution in [0.1, 0.15) is 16.1 Å². The van der Waals surface area contributed by atoms with Crippen LogP contribution in [0.25, 0.3) is 16.6 Å². The maximum Gasteiger partial charge on any atom is 0.436 e. The molecule has 3 rings (SSSR count). The van der Waals surface area contributed by atoms with Gasteiger partial charge in [0.25, 0.3) is 0 Å². The van der Waals surface area contributed by atoms with Crippen molar-refractivity contribution >= 4 is 22.6 Å². The fourth-order valence-electron chi connectivity index (χ4n) is 2.36. The van der Waals surface area contributed by atoms with E-state index in [9.17, 15) is 18.0 Å². The number of hydrogen-bond donors (Lipinski definition) is 4. The van der Waals surface area contributed by atoms with Crippen LogP contribution in [-0.4, -0.2) is 32.9 Å². The normalized spacial score (nSPS) is 11.8. The lowest BCUT2D eigenvalue weighted by atomic mass is 10.2. The lowest BCUT2D eigenvalue weighted by Gasteiger charge is -2.05. The molecule has 0 unspecified atom stereocenters. The molecule has 4 N–H and O–H groups in total. The minimum atomic E-state index is -4.85. The Kier molecular flexibility index (Phi) is 3.68. The predicted molar refractivity (Wildman–Crippen MR) is 80.1 cm³/mol. The smallest absolute Gasteiger partial charge is 0.436 e. The number of fused-ring (bicyclic) bond motifs is 1. The number of alkyl halides is 3. The standard InChI is InChI=1S/C14H12F3N5O2/c1-18-20-11-5-19-10-3-2-7(4-8(10)11)22-6-9(13(23)24)12(21-22)14(15,16)17/h2-6,18-20H,1H3,(H,23,24). The quantitative estimate of drug-likeness (QED) is 0.548. The first-order chi connectivity index (χ1) is 11.3. The van der Waals surface area contributed by atoms with Crippen LogP contribution in [-0.2, 0) is 6.18 Å². The van der Waals surface area contributed by atoms with Crippen LogP contribution < -0.4 is 10.9 Å². The molecule has 0 spiro atoms. The van der Waals surface area contributed by atoms with Crippen molar-refractivity contribution < 1.29 is 23.1 Å². The summed E-state index contributed by atoms with van der Waals surface area (Å²) in [6, 6.07) is 4.81. The van der Waals surface area contributed by atoms with E-state index in [1.807, 2.05) is 0 Å². The molecule has 3 aromatic rings. The van der Waals surface area contributed by atoms with Crippen LogP contribution in [0.3, 0.4) is 0 Å². The minimum absolute atomic E-state index is 0.305. The van der Waals surface area contributed by atoms with E-state index in [1.54, 1.807) is 31.4 Å². The second kappa shape index (κ2) is 5.57. The Balaban J connectivity index is 2.13. The number of nitrogens with zero attached hydrogens (tertiary/aromatic N) is 2. The Hall–Kier alpha value is -3.01. The summed E-state index contributed by atoms with van der Waals surface area (Å²) < 4.78 is 39.7. The van der Waals surface area contributed by atoms with Crippen molar-refractivity contribution in [3.8, 4) is 5.69 Å². The summed E-state index contributed by atoms with van der Waals surface area (Å²) in [6.45, 7) is 0. The number of carboxylic acids is 1. The monoisotopic (exact) mass is 339 g/mol. The van der Waals surface area contributed by atoms with Gasteiger partial charge in [-0.15, -0.1) is 0 Å². The molecule has 10 heteroatoms. The molecule has 0 aliphatic rings. The van der Waals surface area contributed by atoms with Gasteiger partial charge in [-0.1, -0.05) is 0 Å². The highest BCUT2D eigenvalue weighted by atomic mass is 19.4. The van der Waals surface area contributed by atoms with Gasteiger partial charge < -0.3 is 15.5 Å². The molecule has 0 bridgehead atoms. The minimum Gasteiger partial charge on any atom is -0.478 e. The second-order valence-electron chi connectivity index (χ2n) is 4.95. The predicted octanol–water partition coefficient (Wildman–Crippen LogP) is 2.62. The third kappa shape index (κ3) is 2.67. The van der Waals surface area contributed by atoms with Gasteiger partial charge in [-0.3, -0.25) is 0 Å². The van der Waals surface area contributed by atoms with E-state index in [-0.39, 0.29) is 0 Å². The van der Waals surface area contributed by atoms with Crippen molar-refractivity contribution in [1.82, 2.24) is 20.2 Å². The first-order valence-corrected chi connectivity index (χ1v) is 6.75. The van der Waals surface area contributed by atoms with E-state index in [2.05, 4.69) is 20.9 Å². The zero-order valence-corrected chi connectivity index (χ0v) is 12.3. The number of anilines is 1. The Bertz CT molecular complexity index is 913. The van der Waals surface area contributed by atoms with Gasteiger partial charge in [-0.2, -0.15) is 18.3 Å². The third-order valence-electron chi connectivity index (χ3n) is 3.40. The molecule has 0 atom stereocenters. The number of halogens is 3. The van der Waals surface area contributed by atoms with E-state index in [0.29, 0.717) is 16.8 Å². The van der Waals surface area contributed by atoms with Crippen LogP contribution in [0.2, 0.25) is 0 Å². The van der Waals surface area contributed by atoms with Crippen molar-refractivity contribution in [2.75, 3.05) is 12.5 Å². The van der Waals surface area contributed by atoms with Gasteiger partial charge in [-0.05, 0) is 18.2 Å². The zero-order chi connectivity index (χ0) is 17.5. The Morgan fingerprint density at radius 1 is 1.38 bits per heavy atom. The number of aromatic carboxylic acids is 1. The summed E-state index contributed by atoms with van der Waals surface area (Å²) in [6.07, 6.45) is -2.31. The number of carboxylic acid groups (broad SMARTS) is 1. The van der Waals surface area contributed by atoms with Gasteiger partial charge in [0.2, 0.25) is 0 Å². The van der Waals surface area contributed by atoms with E-state index in [0.717, 1.165) is 16.4 Å². The van der Waals surface area contributed by atoms with Crippen LogP contribution >= 0.6 is 0 Å². The van der Waals surface area contributed by atoms with E-state index in [1.165, 1.54) is 0 Å². The molecule has 0 amide bonds. The molecule has 24 heavy (non-hydrogen) atoms. The number of H-pyrrole nitrogens is 1. The molecule has 126 valence electrons. The van der Waals surface area contributed by atoms with Gasteiger partial charge in [0.05, 0.1) is 11.4 Å². The highest BCUT2D eigenvalue weighted by Crippen LogP contribution is 2.32. The van der Waals surface area contributed by atoms with Crippen molar-refractivity contribution in [3.05, 3.63) is 41.9 Å². The molecular formula is C14H12F3N5O2. The molecule has 0 aliphatic heterocycles. The number of benzene rings is 1. The van der Waals surface area contributed by atoms with E-state index in [4.69, 9.17) is 5.11 Å². The van der Waals surface area contributed by atoms with Crippen molar-refractivity contribution in [2.24, 2.45) is 0 Å². The SMILES string of the molecule is CNNc1c[nH]c2ccc(-n3cc(C(=O)O)c(C(F)(F)F)n3)cc12. The second-order valence-corrected chi connectivity index (χ2v) is 4.95. The number of rotatable bonds is 4. The third-order valence-corrected chi connectivity index (χ3v) is 3.40. The molecule has 0 radical (unpaired) electrons. The highest BCUT2D eigenvalue weighted by molar-refractivity contribution is 5.93. The van der Waals surface area contributed by atoms with Crippen molar-refractivity contribution in [1.29, 1.82) is 0 Å². The Morgan fingerprint density at radius 2 is 2.12 bits per heavy atom. The molecule has 1 aromatic carbocycles. The van der Waals surface area contributed by atoms with E-state index < -0.39 is 23.4 Å². The molecule has 0 saturated heterocycles. The summed E-state index contributed by atoms with van der Waals surface area (Å²) >= 11 is 0. The lowest BCUT2D eigenvalue weighted by Crippen LogP contribution is -2.14. The summed E-state index contributed by atoms with van der Waals surface area (Å²) in [5.74, 6) is -1.69. The van der Waals surface area contributed by atoms with Crippen molar-refractivity contribution in [2.45, 2.75) is 6.18 Å². The Labute approximate surface area is 133 Å². The largest absolute Gasteiger partial charge is 0.478 e. The van der Waals surface area contributed by atoms with Gasteiger partial charge in [0.1, 0.15) is 5.56 Å². The number of aromatic amines is 1. The number of hydrazine groups is 1. The molecule has 2 heterocycles. The average Bonchev–Trinajstić information content (AvgIpc) is 3.11. The molecular weight excluding hydrogens is 327 g/mol. The van der Waals surface area contributed by atoms with Gasteiger partial charge in [0, 0.05) is 30.3 Å². The lowest BCUT2D eigenvalue weighted by molar-refractivity contribution is -0.141. The first-order valence-electron chi connectivity index (χ1n) is 6.75. The summed E-state index contributed by atoms with van der Waals surface area (Å²) in [7, 11) is 1.67. The van der Waals surface area contributed by atoms with Crippen molar-refractivity contribution in [3.63, 3.8) is 0 Å². The first kappa shape index (κ1) is 15.9. The van der Waals surface area contributed by atoms with Crippen LogP contribution in [0.15, 0.2) is 30.6 Å². The van der Waals surface area contributed by atoms with E-state index >= 15 is 0 Å². The fraction of sp³-hybridized carbons (Fsp3) is 0.143. The summed E-state index contributed by atoms with van der Waals surface area (Å²) in [5, 5.41) is 13.1. The van der Waals surface area contributed by atoms with Crippen LogP contribution in [0.4, 0.5) is 18.9 Å². The zero-order valence-electron chi connectivity index (χ0n) is 12.3. The highest BCUT2D eigenvalue weighted by Gasteiger charge is 2.39. The number of hydrogen-bond acceptors (Lipinski definition) is 4. The summed E-state index contributed by atoms with van der Waals surface area (Å²) in [4.78, 5) is 14.1. The molecule has 0 saturated carbocycles. The maximum atomic E-state index is 12.9. The van der Waals surface area contributed by atoms with Gasteiger partial charge >= 0.3 is 12.1 Å². The Morgan fingerprint density at radius 3 is 2.71 bits per heavy atom. The number of nitrogens with one attached hydrogen (secondary N) is 3. The van der Waals surface area contributed by atoms with Crippen LogP contribution in [0.5, 0.6) is 0 Å². The van der Waals surface area contributed by atoms with Crippen LogP contribution in [0, 0.1) is 0 Å². The molecule has 0 aliphatic carbocycles. The number of aromatic nitrogens is 3. The molecule has 0 fully saturated rings. The molecule has 2 aromatic heterocycles. The van der Waals surface area contributed by atoms with Gasteiger partial charge in [-0.25, -0.2) is 14.9 Å². The average molecular weight is 339 g/mol. The summed E-state index contributed by atoms with van der Waals surface area (Å²) in [5.41, 5.74) is 5.06. The maximum absolute atomic E-state index is 12.9. The topological polar surface area (TPSA) is 95.0 Å². The number of carbonyl (C=O) groups is 1.